The number of benzene rings is 3. The van der Waals surface area contributed by atoms with E-state index >= 15 is 0 Å². The van der Waals surface area contributed by atoms with E-state index in [0.29, 0.717) is 39.8 Å². The second kappa shape index (κ2) is 10.0. The highest BCUT2D eigenvalue weighted by molar-refractivity contribution is 6.30. The van der Waals surface area contributed by atoms with Crippen molar-refractivity contribution in [3.05, 3.63) is 94.3 Å². The predicted molar refractivity (Wildman–Crippen MR) is 126 cm³/mol. The van der Waals surface area contributed by atoms with Gasteiger partial charge in [-0.15, -0.1) is 0 Å². The summed E-state index contributed by atoms with van der Waals surface area (Å²) in [5.41, 5.74) is 2.31. The lowest BCUT2D eigenvalue weighted by Gasteiger charge is -2.31. The molecule has 33 heavy (non-hydrogen) atoms. The van der Waals surface area contributed by atoms with Gasteiger partial charge in [0.25, 0.3) is 5.91 Å². The second-order valence-electron chi connectivity index (χ2n) is 7.89. The van der Waals surface area contributed by atoms with Gasteiger partial charge in [-0.1, -0.05) is 37.1 Å². The van der Waals surface area contributed by atoms with Gasteiger partial charge in [0.1, 0.15) is 18.1 Å². The van der Waals surface area contributed by atoms with Crippen LogP contribution >= 0.6 is 11.6 Å². The molecule has 1 atom stereocenters. The van der Waals surface area contributed by atoms with Crippen molar-refractivity contribution in [2.75, 3.05) is 18.5 Å². The molecule has 1 aliphatic rings. The molecule has 170 valence electrons. The first-order chi connectivity index (χ1) is 16.0. The van der Waals surface area contributed by atoms with E-state index < -0.39 is 6.04 Å². The highest BCUT2D eigenvalue weighted by atomic mass is 35.5. The average molecular weight is 467 g/mol. The number of nitrogens with zero attached hydrogens (tertiary/aromatic N) is 1. The standard InChI is InChI=1S/C26H24ClFN2O3/c1-2-3-14-33-21-11-6-18(7-12-21)26(32)30-16-24(31)29-23-13-8-19(27)15-22(23)25(30)17-4-9-20(28)10-5-17/h4-13,15,25H,2-3,14,16H2,1H3,(H,29,31)/t25-/m1/s1. The van der Waals surface area contributed by atoms with Crippen LogP contribution in [0.2, 0.25) is 5.02 Å². The largest absolute Gasteiger partial charge is 0.494 e. The van der Waals surface area contributed by atoms with E-state index in [9.17, 15) is 14.0 Å². The molecule has 0 unspecified atom stereocenters. The fourth-order valence-electron chi connectivity index (χ4n) is 3.86. The lowest BCUT2D eigenvalue weighted by molar-refractivity contribution is -0.117. The summed E-state index contributed by atoms with van der Waals surface area (Å²) < 4.78 is 19.3. The molecule has 0 fully saturated rings. The van der Waals surface area contributed by atoms with Crippen LogP contribution in [0.4, 0.5) is 10.1 Å². The molecule has 1 heterocycles. The van der Waals surface area contributed by atoms with Gasteiger partial charge in [-0.3, -0.25) is 9.59 Å². The molecule has 4 rings (SSSR count). The number of rotatable bonds is 6. The first kappa shape index (κ1) is 22.8. The molecule has 0 aliphatic carbocycles. The van der Waals surface area contributed by atoms with Crippen LogP contribution in [-0.2, 0) is 4.79 Å². The second-order valence-corrected chi connectivity index (χ2v) is 8.33. The molecule has 3 aromatic carbocycles. The van der Waals surface area contributed by atoms with Gasteiger partial charge in [0.05, 0.1) is 12.6 Å². The number of fused-ring (bicyclic) bond motifs is 1. The summed E-state index contributed by atoms with van der Waals surface area (Å²) in [5.74, 6) is -0.353. The molecule has 0 spiro atoms. The zero-order valence-electron chi connectivity index (χ0n) is 18.2. The Hall–Kier alpha value is -3.38. The Morgan fingerprint density at radius 2 is 1.85 bits per heavy atom. The molecule has 5 nitrogen and oxygen atoms in total. The third kappa shape index (κ3) is 5.17. The number of carbonyl (C=O) groups is 2. The maximum absolute atomic E-state index is 13.6. The van der Waals surface area contributed by atoms with Gasteiger partial charge in [-0.05, 0) is 66.6 Å². The van der Waals surface area contributed by atoms with Gasteiger partial charge in [0.2, 0.25) is 5.91 Å². The first-order valence-electron chi connectivity index (χ1n) is 10.8. The van der Waals surface area contributed by atoms with Crippen molar-refractivity contribution in [2.45, 2.75) is 25.8 Å². The van der Waals surface area contributed by atoms with E-state index in [-0.39, 0.29) is 24.2 Å². The number of carbonyl (C=O) groups excluding carboxylic acids is 2. The van der Waals surface area contributed by atoms with Gasteiger partial charge < -0.3 is 15.0 Å². The van der Waals surface area contributed by atoms with E-state index in [1.807, 2.05) is 0 Å². The van der Waals surface area contributed by atoms with Gasteiger partial charge in [-0.25, -0.2) is 4.39 Å². The third-order valence-electron chi connectivity index (χ3n) is 5.52. The van der Waals surface area contributed by atoms with E-state index in [1.54, 1.807) is 54.6 Å². The maximum atomic E-state index is 13.6. The predicted octanol–water partition coefficient (Wildman–Crippen LogP) is 5.84. The molecule has 0 radical (unpaired) electrons. The minimum atomic E-state index is -0.633. The topological polar surface area (TPSA) is 58.6 Å². The van der Waals surface area contributed by atoms with Crippen molar-refractivity contribution >= 4 is 29.1 Å². The molecule has 0 saturated heterocycles. The minimum absolute atomic E-state index is 0.165. The van der Waals surface area contributed by atoms with Crippen LogP contribution < -0.4 is 10.1 Å². The Kier molecular flexibility index (Phi) is 6.94. The SMILES string of the molecule is CCCCOc1ccc(C(=O)N2CC(=O)Nc3ccc(Cl)cc3[C@H]2c2ccc(F)cc2)cc1. The zero-order valence-corrected chi connectivity index (χ0v) is 18.9. The summed E-state index contributed by atoms with van der Waals surface area (Å²) in [5, 5.41) is 3.32. The van der Waals surface area contributed by atoms with E-state index in [4.69, 9.17) is 16.3 Å². The van der Waals surface area contributed by atoms with Crippen molar-refractivity contribution in [1.29, 1.82) is 0 Å². The summed E-state index contributed by atoms with van der Waals surface area (Å²) in [6, 6.07) is 17.3. The quantitative estimate of drug-likeness (QED) is 0.464. The molecule has 0 aromatic heterocycles. The van der Waals surface area contributed by atoms with Crippen LogP contribution in [0.3, 0.4) is 0 Å². The van der Waals surface area contributed by atoms with Crippen LogP contribution in [0.1, 0.15) is 47.3 Å². The molecule has 1 N–H and O–H groups in total. The lowest BCUT2D eigenvalue weighted by atomic mass is 9.95. The number of ether oxygens (including phenoxy) is 1. The number of nitrogens with one attached hydrogen (secondary N) is 1. The van der Waals surface area contributed by atoms with E-state index in [2.05, 4.69) is 12.2 Å². The molecule has 1 aliphatic heterocycles. The molecule has 0 saturated carbocycles. The van der Waals surface area contributed by atoms with Gasteiger partial charge in [0, 0.05) is 21.8 Å². The Labute approximate surface area is 197 Å². The Morgan fingerprint density at radius 1 is 1.12 bits per heavy atom. The van der Waals surface area contributed by atoms with Crippen molar-refractivity contribution in [3.8, 4) is 5.75 Å². The van der Waals surface area contributed by atoms with Crippen LogP contribution in [0, 0.1) is 5.82 Å². The zero-order chi connectivity index (χ0) is 23.4. The van der Waals surface area contributed by atoms with Crippen LogP contribution in [0.5, 0.6) is 5.75 Å². The Balaban J connectivity index is 1.73. The van der Waals surface area contributed by atoms with E-state index in [1.165, 1.54) is 17.0 Å². The number of anilines is 1. The highest BCUT2D eigenvalue weighted by Gasteiger charge is 2.34. The van der Waals surface area contributed by atoms with Gasteiger partial charge in [0.15, 0.2) is 0 Å². The lowest BCUT2D eigenvalue weighted by Crippen LogP contribution is -2.39. The number of amides is 2. The van der Waals surface area contributed by atoms with Crippen molar-refractivity contribution in [3.63, 3.8) is 0 Å². The number of hydrogen-bond acceptors (Lipinski definition) is 3. The van der Waals surface area contributed by atoms with E-state index in [0.717, 1.165) is 12.8 Å². The van der Waals surface area contributed by atoms with Crippen molar-refractivity contribution in [2.24, 2.45) is 0 Å². The number of unbranched alkanes of at least 4 members (excludes halogenated alkanes) is 1. The summed E-state index contributed by atoms with van der Waals surface area (Å²) in [7, 11) is 0. The molecular formula is C26H24ClFN2O3. The molecule has 0 bridgehead atoms. The normalized spacial score (nSPS) is 15.4. The molecule has 7 heteroatoms. The van der Waals surface area contributed by atoms with Gasteiger partial charge in [-0.2, -0.15) is 0 Å². The highest BCUT2D eigenvalue weighted by Crippen LogP contribution is 2.38. The first-order valence-corrected chi connectivity index (χ1v) is 11.2. The summed E-state index contributed by atoms with van der Waals surface area (Å²) in [4.78, 5) is 27.8. The summed E-state index contributed by atoms with van der Waals surface area (Å²) in [6.45, 7) is 2.54. The fraction of sp³-hybridized carbons (Fsp3) is 0.231. The number of halogens is 2. The van der Waals surface area contributed by atoms with Crippen molar-refractivity contribution < 1.29 is 18.7 Å². The summed E-state index contributed by atoms with van der Waals surface area (Å²) in [6.07, 6.45) is 1.98. The Bertz CT molecular complexity index is 1150. The van der Waals surface area contributed by atoms with Crippen LogP contribution in [0.25, 0.3) is 0 Å². The molecular weight excluding hydrogens is 443 g/mol. The molecule has 2 amide bonds. The maximum Gasteiger partial charge on any atom is 0.255 e. The summed E-state index contributed by atoms with van der Waals surface area (Å²) >= 11 is 6.27. The molecule has 3 aromatic rings. The fourth-order valence-corrected chi connectivity index (χ4v) is 4.05. The van der Waals surface area contributed by atoms with Crippen molar-refractivity contribution in [1.82, 2.24) is 4.90 Å². The van der Waals surface area contributed by atoms with Crippen LogP contribution in [-0.4, -0.2) is 29.9 Å². The average Bonchev–Trinajstić information content (AvgIpc) is 2.95. The third-order valence-corrected chi connectivity index (χ3v) is 5.76. The smallest absolute Gasteiger partial charge is 0.255 e. The Morgan fingerprint density at radius 3 is 2.55 bits per heavy atom. The minimum Gasteiger partial charge on any atom is -0.494 e. The number of hydrogen-bond donors (Lipinski definition) is 1. The van der Waals surface area contributed by atoms with Gasteiger partial charge >= 0.3 is 0 Å². The van der Waals surface area contributed by atoms with Crippen LogP contribution in [0.15, 0.2) is 66.7 Å². The monoisotopic (exact) mass is 466 g/mol.